The second-order valence-electron chi connectivity index (χ2n) is 7.19. The molecule has 3 aromatic rings. The van der Waals surface area contributed by atoms with Crippen molar-refractivity contribution < 1.29 is 22.7 Å². The molecule has 8 nitrogen and oxygen atoms in total. The lowest BCUT2D eigenvalue weighted by Gasteiger charge is -2.34. The molecule has 2 heterocycles. The van der Waals surface area contributed by atoms with Gasteiger partial charge < -0.3 is 14.4 Å². The molecule has 1 saturated heterocycles. The summed E-state index contributed by atoms with van der Waals surface area (Å²) in [7, 11) is -2.09. The Balaban J connectivity index is 1.36. The van der Waals surface area contributed by atoms with Crippen LogP contribution >= 0.6 is 0 Å². The van der Waals surface area contributed by atoms with Gasteiger partial charge in [-0.15, -0.1) is 0 Å². The third-order valence-electron chi connectivity index (χ3n) is 5.19. The molecule has 0 atom stereocenters. The van der Waals surface area contributed by atoms with Crippen molar-refractivity contribution in [3.8, 4) is 17.2 Å². The first-order chi connectivity index (χ1) is 15.5. The highest BCUT2D eigenvalue weighted by atomic mass is 32.2. The van der Waals surface area contributed by atoms with E-state index < -0.39 is 10.0 Å². The van der Waals surface area contributed by atoms with Crippen LogP contribution in [0.3, 0.4) is 0 Å². The highest BCUT2D eigenvalue weighted by molar-refractivity contribution is 7.89. The van der Waals surface area contributed by atoms with Crippen LogP contribution in [0, 0.1) is 0 Å². The topological polar surface area (TPSA) is 89.0 Å². The van der Waals surface area contributed by atoms with Gasteiger partial charge in [0, 0.05) is 37.9 Å². The average molecular weight is 454 g/mol. The van der Waals surface area contributed by atoms with Crippen LogP contribution in [0.25, 0.3) is 0 Å². The van der Waals surface area contributed by atoms with Gasteiger partial charge in [-0.3, -0.25) is 9.78 Å². The number of carbonyl (C=O) groups is 1. The minimum atomic E-state index is -3.62. The van der Waals surface area contributed by atoms with E-state index in [1.807, 2.05) is 0 Å². The van der Waals surface area contributed by atoms with Gasteiger partial charge in [0.1, 0.15) is 17.2 Å². The minimum Gasteiger partial charge on any atom is -0.497 e. The fourth-order valence-electron chi connectivity index (χ4n) is 3.42. The van der Waals surface area contributed by atoms with Gasteiger partial charge in [-0.2, -0.15) is 4.31 Å². The molecule has 4 rings (SSSR count). The zero-order valence-corrected chi connectivity index (χ0v) is 18.4. The highest BCUT2D eigenvalue weighted by Gasteiger charge is 2.30. The van der Waals surface area contributed by atoms with E-state index in [0.29, 0.717) is 35.9 Å². The van der Waals surface area contributed by atoms with Gasteiger partial charge in [0.25, 0.3) is 5.91 Å². The monoisotopic (exact) mass is 453 g/mol. The number of nitrogens with zero attached hydrogens (tertiary/aromatic N) is 3. The van der Waals surface area contributed by atoms with Crippen LogP contribution in [0.15, 0.2) is 78.0 Å². The van der Waals surface area contributed by atoms with Gasteiger partial charge in [-0.05, 0) is 60.7 Å². The van der Waals surface area contributed by atoms with Gasteiger partial charge in [0.05, 0.1) is 18.2 Å². The third kappa shape index (κ3) is 4.74. The summed E-state index contributed by atoms with van der Waals surface area (Å²) in [5.41, 5.74) is 0.523. The molecule has 0 aliphatic carbocycles. The number of benzene rings is 2. The summed E-state index contributed by atoms with van der Waals surface area (Å²) < 4.78 is 38.0. The lowest BCUT2D eigenvalue weighted by molar-refractivity contribution is 0.0698. The zero-order chi connectivity index (χ0) is 22.6. The number of carbonyl (C=O) groups excluding carboxylic acids is 1. The van der Waals surface area contributed by atoms with Gasteiger partial charge in [-0.25, -0.2) is 8.42 Å². The molecule has 0 spiro atoms. The van der Waals surface area contributed by atoms with Crippen molar-refractivity contribution in [1.29, 1.82) is 0 Å². The van der Waals surface area contributed by atoms with Crippen molar-refractivity contribution in [3.63, 3.8) is 0 Å². The van der Waals surface area contributed by atoms with Crippen molar-refractivity contribution in [2.24, 2.45) is 0 Å². The number of amides is 1. The number of sulfonamides is 1. The molecule has 1 aromatic heterocycles. The lowest BCUT2D eigenvalue weighted by atomic mass is 10.2. The van der Waals surface area contributed by atoms with Crippen LogP contribution in [0.1, 0.15) is 10.4 Å². The lowest BCUT2D eigenvalue weighted by Crippen LogP contribution is -2.50. The van der Waals surface area contributed by atoms with E-state index in [0.717, 1.165) is 0 Å². The number of methoxy groups -OCH3 is 1. The molecule has 1 amide bonds. The number of pyridine rings is 1. The molecule has 2 aromatic carbocycles. The minimum absolute atomic E-state index is 0.139. The van der Waals surface area contributed by atoms with Gasteiger partial charge in [0.2, 0.25) is 10.0 Å². The van der Waals surface area contributed by atoms with E-state index in [-0.39, 0.29) is 23.9 Å². The molecule has 9 heteroatoms. The Bertz CT molecular complexity index is 1160. The van der Waals surface area contributed by atoms with Crippen LogP contribution in [-0.2, 0) is 10.0 Å². The molecule has 1 aliphatic rings. The van der Waals surface area contributed by atoms with Crippen LogP contribution in [0.5, 0.6) is 17.2 Å². The first-order valence-electron chi connectivity index (χ1n) is 10.1. The number of ether oxygens (including phenoxy) is 2. The molecule has 166 valence electrons. The summed E-state index contributed by atoms with van der Waals surface area (Å²) in [5.74, 6) is 1.67. The Hall–Kier alpha value is -3.43. The maximum absolute atomic E-state index is 12.9. The summed E-state index contributed by atoms with van der Waals surface area (Å²) in [4.78, 5) is 18.7. The van der Waals surface area contributed by atoms with Gasteiger partial charge in [0.15, 0.2) is 0 Å². The Morgan fingerprint density at radius 1 is 0.875 bits per heavy atom. The molecule has 0 N–H and O–H groups in total. The van der Waals surface area contributed by atoms with E-state index in [4.69, 9.17) is 9.47 Å². The number of hydrogen-bond donors (Lipinski definition) is 0. The summed E-state index contributed by atoms with van der Waals surface area (Å²) in [5, 5.41) is 0. The third-order valence-corrected chi connectivity index (χ3v) is 7.11. The Morgan fingerprint density at radius 3 is 2.12 bits per heavy atom. The summed E-state index contributed by atoms with van der Waals surface area (Å²) in [6.07, 6.45) is 3.27. The second kappa shape index (κ2) is 9.37. The average Bonchev–Trinajstić information content (AvgIpc) is 2.85. The molecule has 1 fully saturated rings. The van der Waals surface area contributed by atoms with Crippen molar-refractivity contribution in [3.05, 3.63) is 78.6 Å². The maximum atomic E-state index is 12.9. The van der Waals surface area contributed by atoms with Crippen molar-refractivity contribution in [2.75, 3.05) is 33.3 Å². The highest BCUT2D eigenvalue weighted by Crippen LogP contribution is 2.23. The van der Waals surface area contributed by atoms with Gasteiger partial charge >= 0.3 is 0 Å². The first-order valence-corrected chi connectivity index (χ1v) is 11.5. The SMILES string of the molecule is COc1ccc(S(=O)(=O)N2CCN(C(=O)c3ccc(Oc4cccnc4)cc3)CC2)cc1. The van der Waals surface area contributed by atoms with Crippen molar-refractivity contribution in [2.45, 2.75) is 4.90 Å². The van der Waals surface area contributed by atoms with Crippen molar-refractivity contribution >= 4 is 15.9 Å². The molecular formula is C23H23N3O5S. The van der Waals surface area contributed by atoms with E-state index in [1.165, 1.54) is 23.5 Å². The molecule has 0 saturated carbocycles. The fraction of sp³-hybridized carbons (Fsp3) is 0.217. The molecule has 0 radical (unpaired) electrons. The maximum Gasteiger partial charge on any atom is 0.253 e. The normalized spacial score (nSPS) is 14.7. The van der Waals surface area contributed by atoms with Crippen LogP contribution in [-0.4, -0.2) is 61.8 Å². The number of aromatic nitrogens is 1. The predicted molar refractivity (Wildman–Crippen MR) is 118 cm³/mol. The Morgan fingerprint density at radius 2 is 1.53 bits per heavy atom. The fourth-order valence-corrected chi connectivity index (χ4v) is 4.84. The molecule has 32 heavy (non-hydrogen) atoms. The zero-order valence-electron chi connectivity index (χ0n) is 17.5. The number of hydrogen-bond acceptors (Lipinski definition) is 6. The summed E-state index contributed by atoms with van der Waals surface area (Å²) in [6, 6.07) is 16.7. The summed E-state index contributed by atoms with van der Waals surface area (Å²) >= 11 is 0. The predicted octanol–water partition coefficient (Wildman–Crippen LogP) is 3.03. The molecular weight excluding hydrogens is 430 g/mol. The van der Waals surface area contributed by atoms with Crippen LogP contribution in [0.2, 0.25) is 0 Å². The van der Waals surface area contributed by atoms with E-state index in [2.05, 4.69) is 4.98 Å². The number of piperazine rings is 1. The standard InChI is InChI=1S/C23H23N3O5S/c1-30-19-8-10-22(11-9-19)32(28,29)26-15-13-25(14-16-26)23(27)18-4-6-20(7-5-18)31-21-3-2-12-24-17-21/h2-12,17H,13-16H2,1H3. The molecule has 1 aliphatic heterocycles. The van der Waals surface area contributed by atoms with Gasteiger partial charge in [-0.1, -0.05) is 0 Å². The van der Waals surface area contributed by atoms with E-state index in [9.17, 15) is 13.2 Å². The van der Waals surface area contributed by atoms with E-state index >= 15 is 0 Å². The quantitative estimate of drug-likeness (QED) is 0.570. The van der Waals surface area contributed by atoms with Crippen molar-refractivity contribution in [1.82, 2.24) is 14.2 Å². The van der Waals surface area contributed by atoms with Crippen LogP contribution in [0.4, 0.5) is 0 Å². The largest absolute Gasteiger partial charge is 0.497 e. The number of rotatable bonds is 6. The molecule has 0 unspecified atom stereocenters. The second-order valence-corrected chi connectivity index (χ2v) is 9.12. The van der Waals surface area contributed by atoms with Crippen LogP contribution < -0.4 is 9.47 Å². The van der Waals surface area contributed by atoms with E-state index in [1.54, 1.807) is 65.8 Å². The summed E-state index contributed by atoms with van der Waals surface area (Å²) in [6.45, 7) is 1.12. The Labute approximate surface area is 187 Å². The Kier molecular flexibility index (Phi) is 6.38. The smallest absolute Gasteiger partial charge is 0.253 e. The molecule has 0 bridgehead atoms. The first kappa shape index (κ1) is 21.8.